The van der Waals surface area contributed by atoms with Crippen LogP contribution < -0.4 is 0 Å². The lowest BCUT2D eigenvalue weighted by Crippen LogP contribution is -2.51. The zero-order chi connectivity index (χ0) is 17.6. The zero-order valence-corrected chi connectivity index (χ0v) is 14.8. The van der Waals surface area contributed by atoms with E-state index in [-0.39, 0.29) is 11.8 Å². The van der Waals surface area contributed by atoms with E-state index < -0.39 is 0 Å². The summed E-state index contributed by atoms with van der Waals surface area (Å²) in [6.07, 6.45) is 0.786. The van der Waals surface area contributed by atoms with Gasteiger partial charge in [-0.1, -0.05) is 54.1 Å². The number of hydrogen-bond donors (Lipinski definition) is 0. The minimum atomic E-state index is 0.0949. The van der Waals surface area contributed by atoms with Crippen molar-refractivity contribution in [3.63, 3.8) is 0 Å². The monoisotopic (exact) mass is 356 g/mol. The molecule has 0 saturated carbocycles. The Hall–Kier alpha value is -2.33. The van der Waals surface area contributed by atoms with Crippen molar-refractivity contribution in [3.8, 4) is 0 Å². The average molecular weight is 357 g/mol. The third-order valence-corrected chi connectivity index (χ3v) is 4.70. The van der Waals surface area contributed by atoms with Gasteiger partial charge in [0.15, 0.2) is 0 Å². The number of benzene rings is 2. The molecule has 0 spiro atoms. The standard InChI is InChI=1S/C20H21ClN2O2/c21-18-8-6-17(7-9-18)15-20(25)23-12-10-22(11-13-23)19(24)14-16-4-2-1-3-5-16/h1-9H,10-15H2. The fourth-order valence-corrected chi connectivity index (χ4v) is 3.10. The third kappa shape index (κ3) is 4.83. The molecular formula is C20H21ClN2O2. The van der Waals surface area contributed by atoms with Gasteiger partial charge in [-0.25, -0.2) is 0 Å². The quantitative estimate of drug-likeness (QED) is 0.845. The van der Waals surface area contributed by atoms with E-state index in [4.69, 9.17) is 11.6 Å². The molecule has 0 N–H and O–H groups in total. The third-order valence-electron chi connectivity index (χ3n) is 4.45. The predicted octanol–water partition coefficient (Wildman–Crippen LogP) is 2.80. The van der Waals surface area contributed by atoms with Crippen molar-refractivity contribution in [2.24, 2.45) is 0 Å². The number of halogens is 1. The molecule has 0 unspecified atom stereocenters. The van der Waals surface area contributed by atoms with E-state index in [0.717, 1.165) is 11.1 Å². The van der Waals surface area contributed by atoms with Crippen LogP contribution in [-0.2, 0) is 22.4 Å². The van der Waals surface area contributed by atoms with Gasteiger partial charge in [-0.05, 0) is 23.3 Å². The first-order chi connectivity index (χ1) is 12.1. The maximum Gasteiger partial charge on any atom is 0.227 e. The smallest absolute Gasteiger partial charge is 0.227 e. The number of piperazine rings is 1. The number of carbonyl (C=O) groups excluding carboxylic acids is 2. The predicted molar refractivity (Wildman–Crippen MR) is 98.5 cm³/mol. The SMILES string of the molecule is O=C(Cc1ccccc1)N1CCN(C(=O)Cc2ccc(Cl)cc2)CC1. The van der Waals surface area contributed by atoms with Crippen molar-refractivity contribution < 1.29 is 9.59 Å². The Morgan fingerprint density at radius 1 is 0.720 bits per heavy atom. The first kappa shape index (κ1) is 17.5. The lowest BCUT2D eigenvalue weighted by molar-refractivity contribution is -0.138. The zero-order valence-electron chi connectivity index (χ0n) is 14.0. The number of carbonyl (C=O) groups is 2. The van der Waals surface area contributed by atoms with E-state index in [2.05, 4.69) is 0 Å². The molecule has 0 aliphatic carbocycles. The first-order valence-electron chi connectivity index (χ1n) is 8.46. The average Bonchev–Trinajstić information content (AvgIpc) is 2.64. The summed E-state index contributed by atoms with van der Waals surface area (Å²) >= 11 is 5.87. The fourth-order valence-electron chi connectivity index (χ4n) is 2.98. The molecule has 3 rings (SSSR count). The summed E-state index contributed by atoms with van der Waals surface area (Å²) in [5.41, 5.74) is 1.98. The van der Waals surface area contributed by atoms with Gasteiger partial charge in [0, 0.05) is 31.2 Å². The Morgan fingerprint density at radius 2 is 1.16 bits per heavy atom. The Bertz CT molecular complexity index is 723. The maximum absolute atomic E-state index is 12.4. The van der Waals surface area contributed by atoms with Crippen molar-refractivity contribution in [1.29, 1.82) is 0 Å². The molecular weight excluding hydrogens is 336 g/mol. The van der Waals surface area contributed by atoms with E-state index >= 15 is 0 Å². The Kier molecular flexibility index (Phi) is 5.71. The molecule has 0 atom stereocenters. The van der Waals surface area contributed by atoms with E-state index in [1.165, 1.54) is 0 Å². The highest BCUT2D eigenvalue weighted by Gasteiger charge is 2.24. The molecule has 0 bridgehead atoms. The number of nitrogens with zero attached hydrogens (tertiary/aromatic N) is 2. The first-order valence-corrected chi connectivity index (χ1v) is 8.83. The fraction of sp³-hybridized carbons (Fsp3) is 0.300. The molecule has 2 aromatic rings. The highest BCUT2D eigenvalue weighted by Crippen LogP contribution is 2.12. The van der Waals surface area contributed by atoms with Gasteiger partial charge < -0.3 is 9.80 Å². The van der Waals surface area contributed by atoms with Crippen LogP contribution in [0.3, 0.4) is 0 Å². The molecule has 2 amide bonds. The minimum absolute atomic E-state index is 0.0949. The van der Waals surface area contributed by atoms with Gasteiger partial charge in [0.25, 0.3) is 0 Å². The largest absolute Gasteiger partial charge is 0.339 e. The summed E-state index contributed by atoms with van der Waals surface area (Å²) in [4.78, 5) is 28.5. The van der Waals surface area contributed by atoms with E-state index in [1.54, 1.807) is 12.1 Å². The van der Waals surface area contributed by atoms with Crippen molar-refractivity contribution in [2.75, 3.05) is 26.2 Å². The maximum atomic E-state index is 12.4. The molecule has 1 aliphatic rings. The van der Waals surface area contributed by atoms with Crippen LogP contribution >= 0.6 is 11.6 Å². The van der Waals surface area contributed by atoms with Crippen LogP contribution in [0.1, 0.15) is 11.1 Å². The summed E-state index contributed by atoms with van der Waals surface area (Å²) < 4.78 is 0. The summed E-state index contributed by atoms with van der Waals surface area (Å²) in [7, 11) is 0. The number of hydrogen-bond acceptors (Lipinski definition) is 2. The number of amides is 2. The van der Waals surface area contributed by atoms with Crippen LogP contribution in [0.15, 0.2) is 54.6 Å². The highest BCUT2D eigenvalue weighted by molar-refractivity contribution is 6.30. The van der Waals surface area contributed by atoms with Crippen LogP contribution in [0.2, 0.25) is 5.02 Å². The molecule has 0 radical (unpaired) electrons. The van der Waals surface area contributed by atoms with E-state index in [0.29, 0.717) is 44.0 Å². The van der Waals surface area contributed by atoms with Gasteiger partial charge in [-0.2, -0.15) is 0 Å². The van der Waals surface area contributed by atoms with Gasteiger partial charge in [-0.15, -0.1) is 0 Å². The molecule has 25 heavy (non-hydrogen) atoms. The van der Waals surface area contributed by atoms with Crippen LogP contribution in [0, 0.1) is 0 Å². The summed E-state index contributed by atoms with van der Waals surface area (Å²) in [6, 6.07) is 17.1. The summed E-state index contributed by atoms with van der Waals surface area (Å²) in [5.74, 6) is 0.216. The molecule has 5 heteroatoms. The van der Waals surface area contributed by atoms with Crippen molar-refractivity contribution in [3.05, 3.63) is 70.7 Å². The van der Waals surface area contributed by atoms with Gasteiger partial charge in [-0.3, -0.25) is 9.59 Å². The van der Waals surface area contributed by atoms with Gasteiger partial charge in [0.1, 0.15) is 0 Å². The lowest BCUT2D eigenvalue weighted by Gasteiger charge is -2.35. The van der Waals surface area contributed by atoms with Crippen LogP contribution in [0.4, 0.5) is 0 Å². The topological polar surface area (TPSA) is 40.6 Å². The molecule has 2 aromatic carbocycles. The van der Waals surface area contributed by atoms with E-state index in [9.17, 15) is 9.59 Å². The van der Waals surface area contributed by atoms with Crippen molar-refractivity contribution in [2.45, 2.75) is 12.8 Å². The molecule has 1 aliphatic heterocycles. The van der Waals surface area contributed by atoms with Crippen LogP contribution in [0.25, 0.3) is 0 Å². The summed E-state index contributed by atoms with van der Waals surface area (Å²) in [5, 5.41) is 0.668. The second-order valence-corrected chi connectivity index (χ2v) is 6.66. The molecule has 0 aromatic heterocycles. The van der Waals surface area contributed by atoms with Crippen molar-refractivity contribution >= 4 is 23.4 Å². The lowest BCUT2D eigenvalue weighted by atomic mass is 10.1. The van der Waals surface area contributed by atoms with Gasteiger partial charge in [0.05, 0.1) is 12.8 Å². The Morgan fingerprint density at radius 3 is 1.64 bits per heavy atom. The minimum Gasteiger partial charge on any atom is -0.339 e. The van der Waals surface area contributed by atoms with Crippen LogP contribution in [0.5, 0.6) is 0 Å². The normalized spacial score (nSPS) is 14.4. The van der Waals surface area contributed by atoms with Crippen LogP contribution in [-0.4, -0.2) is 47.8 Å². The van der Waals surface area contributed by atoms with Gasteiger partial charge in [0.2, 0.25) is 11.8 Å². The molecule has 1 heterocycles. The number of rotatable bonds is 4. The Balaban J connectivity index is 1.48. The van der Waals surface area contributed by atoms with Gasteiger partial charge >= 0.3 is 0 Å². The van der Waals surface area contributed by atoms with E-state index in [1.807, 2.05) is 52.3 Å². The molecule has 1 saturated heterocycles. The molecule has 130 valence electrons. The Labute approximate surface area is 153 Å². The molecule has 4 nitrogen and oxygen atoms in total. The molecule has 1 fully saturated rings. The second-order valence-electron chi connectivity index (χ2n) is 6.23. The highest BCUT2D eigenvalue weighted by atomic mass is 35.5. The second kappa shape index (κ2) is 8.17. The summed E-state index contributed by atoms with van der Waals surface area (Å²) in [6.45, 7) is 2.37. The van der Waals surface area contributed by atoms with Crippen molar-refractivity contribution in [1.82, 2.24) is 9.80 Å².